The largest absolute Gasteiger partial charge is 0.381 e. The molecule has 2 aliphatic heterocycles. The number of amides is 5. The summed E-state index contributed by atoms with van der Waals surface area (Å²) in [7, 11) is 0. The van der Waals surface area contributed by atoms with Crippen LogP contribution in [0.5, 0.6) is 0 Å². The van der Waals surface area contributed by atoms with Gasteiger partial charge in [0.25, 0.3) is 0 Å². The lowest BCUT2D eigenvalue weighted by Crippen LogP contribution is -2.61. The van der Waals surface area contributed by atoms with Crippen LogP contribution in [-0.4, -0.2) is 76.9 Å². The number of nitrogens with zero attached hydrogens (tertiary/aromatic N) is 1. The number of nitrogens with two attached hydrogens (primary N) is 1. The van der Waals surface area contributed by atoms with Gasteiger partial charge in [0.05, 0.1) is 6.04 Å². The predicted octanol–water partition coefficient (Wildman–Crippen LogP) is 0.294. The fourth-order valence-electron chi connectivity index (χ4n) is 6.23. The van der Waals surface area contributed by atoms with Crippen molar-refractivity contribution in [1.82, 2.24) is 20.9 Å². The third-order valence-electron chi connectivity index (χ3n) is 8.57. The zero-order chi connectivity index (χ0) is 29.7. The van der Waals surface area contributed by atoms with Gasteiger partial charge >= 0.3 is 0 Å². The van der Waals surface area contributed by atoms with E-state index in [0.29, 0.717) is 19.5 Å². The monoisotopic (exact) mass is 549 g/mol. The van der Waals surface area contributed by atoms with Gasteiger partial charge in [-0.25, -0.2) is 0 Å². The number of rotatable bonds is 9. The van der Waals surface area contributed by atoms with Crippen LogP contribution < -0.4 is 21.7 Å². The molecule has 0 aromatic rings. The Morgan fingerprint density at radius 3 is 2.23 bits per heavy atom. The van der Waals surface area contributed by atoms with Crippen molar-refractivity contribution >= 4 is 29.5 Å². The highest BCUT2D eigenvalue weighted by atomic mass is 16.3. The Labute approximate surface area is 231 Å². The molecule has 220 valence electrons. The first kappa shape index (κ1) is 30.8. The molecule has 3 aliphatic rings. The summed E-state index contributed by atoms with van der Waals surface area (Å²) in [6.45, 7) is 16.4. The summed E-state index contributed by atoms with van der Waals surface area (Å²) in [5.74, 6) is -2.77. The average Bonchev–Trinajstić information content (AvgIpc) is 3.14. The van der Waals surface area contributed by atoms with Gasteiger partial charge in [-0.2, -0.15) is 0 Å². The van der Waals surface area contributed by atoms with Gasteiger partial charge in [-0.1, -0.05) is 55.4 Å². The summed E-state index contributed by atoms with van der Waals surface area (Å²) in [5.41, 5.74) is 4.31. The van der Waals surface area contributed by atoms with Crippen molar-refractivity contribution in [2.24, 2.45) is 39.7 Å². The lowest BCUT2D eigenvalue weighted by molar-refractivity contribution is -0.146. The van der Waals surface area contributed by atoms with Crippen molar-refractivity contribution < 1.29 is 29.1 Å². The van der Waals surface area contributed by atoms with Gasteiger partial charge in [-0.05, 0) is 40.9 Å². The summed E-state index contributed by atoms with van der Waals surface area (Å²) in [6.07, 6.45) is -0.872. The van der Waals surface area contributed by atoms with Crippen molar-refractivity contribution in [1.29, 1.82) is 0 Å². The average molecular weight is 550 g/mol. The SMILES string of the molecule is CC(C)(C)CC(=O)N[C@H](C(=O)N1C[C@H]2[C@@H]([C@H]1C(=O)N[C@@H](C[C@@H]1CCNC1=O)[C@@H](O)C(N)=O)C2(C)C)C(C)(C)C. The second kappa shape index (κ2) is 10.7. The van der Waals surface area contributed by atoms with Gasteiger partial charge in [-0.15, -0.1) is 0 Å². The lowest BCUT2D eigenvalue weighted by Gasteiger charge is -2.38. The number of carbonyl (C=O) groups is 5. The Morgan fingerprint density at radius 1 is 1.13 bits per heavy atom. The molecule has 6 N–H and O–H groups in total. The minimum absolute atomic E-state index is 0.0489. The molecule has 0 aromatic carbocycles. The van der Waals surface area contributed by atoms with Gasteiger partial charge < -0.3 is 31.7 Å². The zero-order valence-corrected chi connectivity index (χ0v) is 24.6. The number of likely N-dealkylation sites (tertiary alicyclic amines) is 1. The lowest BCUT2D eigenvalue weighted by atomic mass is 9.84. The van der Waals surface area contributed by atoms with Crippen molar-refractivity contribution in [3.8, 4) is 0 Å². The maximum Gasteiger partial charge on any atom is 0.248 e. The fraction of sp³-hybridized carbons (Fsp3) is 0.821. The second-order valence-electron chi connectivity index (χ2n) is 14.5. The van der Waals surface area contributed by atoms with E-state index in [1.165, 1.54) is 0 Å². The number of aliphatic hydroxyl groups is 1. The van der Waals surface area contributed by atoms with E-state index in [1.807, 2.05) is 41.5 Å². The van der Waals surface area contributed by atoms with E-state index in [0.717, 1.165) is 0 Å². The third-order valence-corrected chi connectivity index (χ3v) is 8.57. The fourth-order valence-corrected chi connectivity index (χ4v) is 6.23. The van der Waals surface area contributed by atoms with E-state index >= 15 is 0 Å². The summed E-state index contributed by atoms with van der Waals surface area (Å²) in [5, 5.41) is 18.9. The van der Waals surface area contributed by atoms with Crippen LogP contribution in [0.25, 0.3) is 0 Å². The van der Waals surface area contributed by atoms with E-state index in [2.05, 4.69) is 29.8 Å². The molecule has 0 bridgehead atoms. The first-order chi connectivity index (χ1) is 17.8. The van der Waals surface area contributed by atoms with E-state index in [9.17, 15) is 29.1 Å². The van der Waals surface area contributed by atoms with E-state index in [-0.39, 0.29) is 53.2 Å². The Bertz CT molecular complexity index is 1010. The molecule has 3 fully saturated rings. The molecular formula is C28H47N5O6. The number of piperidine rings is 1. The molecule has 0 aromatic heterocycles. The van der Waals surface area contributed by atoms with Crippen molar-refractivity contribution in [3.05, 3.63) is 0 Å². The van der Waals surface area contributed by atoms with Crippen LogP contribution in [0.2, 0.25) is 0 Å². The Kier molecular flexibility index (Phi) is 8.47. The summed E-state index contributed by atoms with van der Waals surface area (Å²) in [6, 6.07) is -2.77. The standard InChI is InChI=1S/C28H47N5O6/c1-26(2,3)12-17(34)32-21(27(4,5)6)25(39)33-13-15-18(28(15,7)8)19(33)24(38)31-16(20(35)22(29)36)11-14-9-10-30-23(14)37/h14-16,18-21,35H,9-13H2,1-8H3,(H2,29,36)(H,30,37)(H,31,38)(H,32,34)/t14-,15-,16-,18-,19-,20+,21+/m0/s1. The van der Waals surface area contributed by atoms with Gasteiger partial charge in [0, 0.05) is 25.4 Å². The van der Waals surface area contributed by atoms with Crippen LogP contribution in [0.3, 0.4) is 0 Å². The van der Waals surface area contributed by atoms with Gasteiger partial charge in [0.15, 0.2) is 6.10 Å². The number of carbonyl (C=O) groups excluding carboxylic acids is 5. The highest BCUT2D eigenvalue weighted by molar-refractivity contribution is 5.94. The molecule has 7 atom stereocenters. The van der Waals surface area contributed by atoms with Gasteiger partial charge in [0.2, 0.25) is 29.5 Å². The predicted molar refractivity (Wildman–Crippen MR) is 145 cm³/mol. The van der Waals surface area contributed by atoms with Crippen molar-refractivity contribution in [2.75, 3.05) is 13.1 Å². The van der Waals surface area contributed by atoms with Crippen LogP contribution in [-0.2, 0) is 24.0 Å². The van der Waals surface area contributed by atoms with Crippen LogP contribution in [0.4, 0.5) is 0 Å². The maximum absolute atomic E-state index is 14.0. The first-order valence-corrected chi connectivity index (χ1v) is 13.9. The topological polar surface area (TPSA) is 171 Å². The van der Waals surface area contributed by atoms with Gasteiger partial charge in [0.1, 0.15) is 12.1 Å². The summed E-state index contributed by atoms with van der Waals surface area (Å²) >= 11 is 0. The smallest absolute Gasteiger partial charge is 0.248 e. The summed E-state index contributed by atoms with van der Waals surface area (Å²) < 4.78 is 0. The molecule has 2 saturated heterocycles. The number of hydrogen-bond acceptors (Lipinski definition) is 6. The number of fused-ring (bicyclic) bond motifs is 1. The van der Waals surface area contributed by atoms with E-state index < -0.39 is 47.4 Å². The second-order valence-corrected chi connectivity index (χ2v) is 14.5. The van der Waals surface area contributed by atoms with E-state index in [1.54, 1.807) is 4.90 Å². The first-order valence-electron chi connectivity index (χ1n) is 13.9. The third kappa shape index (κ3) is 6.73. The molecule has 2 heterocycles. The quantitative estimate of drug-likeness (QED) is 0.277. The maximum atomic E-state index is 14.0. The molecular weight excluding hydrogens is 502 g/mol. The molecule has 0 unspecified atom stereocenters. The number of primary amides is 1. The zero-order valence-electron chi connectivity index (χ0n) is 24.6. The van der Waals surface area contributed by atoms with Gasteiger partial charge in [-0.3, -0.25) is 24.0 Å². The normalized spacial score (nSPS) is 28.1. The Hall–Kier alpha value is -2.69. The highest BCUT2D eigenvalue weighted by Crippen LogP contribution is 2.65. The van der Waals surface area contributed by atoms with Crippen LogP contribution in [0.1, 0.15) is 74.7 Å². The molecule has 0 spiro atoms. The number of nitrogens with one attached hydrogen (secondary N) is 3. The van der Waals surface area contributed by atoms with Crippen LogP contribution in [0.15, 0.2) is 0 Å². The minimum atomic E-state index is -1.69. The molecule has 1 aliphatic carbocycles. The highest BCUT2D eigenvalue weighted by Gasteiger charge is 2.70. The van der Waals surface area contributed by atoms with E-state index in [4.69, 9.17) is 5.73 Å². The van der Waals surface area contributed by atoms with Crippen LogP contribution in [0, 0.1) is 34.0 Å². The molecule has 5 amide bonds. The van der Waals surface area contributed by atoms with Crippen molar-refractivity contribution in [3.63, 3.8) is 0 Å². The van der Waals surface area contributed by atoms with Crippen molar-refractivity contribution in [2.45, 2.75) is 98.9 Å². The summed E-state index contributed by atoms with van der Waals surface area (Å²) in [4.78, 5) is 66.2. The van der Waals surface area contributed by atoms with Crippen LogP contribution >= 0.6 is 0 Å². The number of hydrogen-bond donors (Lipinski definition) is 5. The molecule has 1 saturated carbocycles. The molecule has 0 radical (unpaired) electrons. The molecule has 11 nitrogen and oxygen atoms in total. The Balaban J connectivity index is 1.85. The Morgan fingerprint density at radius 2 is 1.74 bits per heavy atom. The minimum Gasteiger partial charge on any atom is -0.381 e. The molecule has 3 rings (SSSR count). The molecule has 39 heavy (non-hydrogen) atoms. The number of aliphatic hydroxyl groups excluding tert-OH is 1. The molecule has 11 heteroatoms.